The molecule has 150 valence electrons. The van der Waals surface area contributed by atoms with E-state index >= 15 is 0 Å². The average Bonchev–Trinajstić information content (AvgIpc) is 2.90. The lowest BCUT2D eigenvalue weighted by Gasteiger charge is -2.27. The van der Waals surface area contributed by atoms with Gasteiger partial charge in [-0.15, -0.1) is 0 Å². The van der Waals surface area contributed by atoms with Crippen molar-refractivity contribution in [2.24, 2.45) is 0 Å². The van der Waals surface area contributed by atoms with Crippen LogP contribution < -0.4 is 15.4 Å². The molecule has 1 heterocycles. The summed E-state index contributed by atoms with van der Waals surface area (Å²) in [5, 5.41) is 5.59. The highest BCUT2D eigenvalue weighted by molar-refractivity contribution is 7.98. The normalized spacial score (nSPS) is 22.0. The molecule has 0 spiro atoms. The summed E-state index contributed by atoms with van der Waals surface area (Å²) in [5.74, 6) is 0.311. The van der Waals surface area contributed by atoms with Gasteiger partial charge in [0.1, 0.15) is 11.8 Å². The monoisotopic (exact) mass is 414 g/mol. The van der Waals surface area contributed by atoms with Crippen molar-refractivity contribution in [1.29, 1.82) is 0 Å². The summed E-state index contributed by atoms with van der Waals surface area (Å²) in [6, 6.07) is 6.03. The largest absolute Gasteiger partial charge is 0.496 e. The molecule has 27 heavy (non-hydrogen) atoms. The van der Waals surface area contributed by atoms with Crippen LogP contribution in [0.25, 0.3) is 0 Å². The lowest BCUT2D eigenvalue weighted by Crippen LogP contribution is -2.55. The van der Waals surface area contributed by atoms with E-state index in [2.05, 4.69) is 10.6 Å². The van der Waals surface area contributed by atoms with Crippen LogP contribution in [0, 0.1) is 0 Å². The molecule has 0 bridgehead atoms. The standard InChI is InChI=1S/C18H26N2O5S2/c1-18(9-11-27(23,24)12-18)20-17(22)14(8-10-26-3)19-16(21)13-6-4-5-7-15(13)25-2/h4-7,14H,8-12H2,1-3H3,(H,19,21)(H,20,22)/t14-,18+/m0/s1. The van der Waals surface area contributed by atoms with Crippen LogP contribution in [-0.2, 0) is 14.6 Å². The van der Waals surface area contributed by atoms with Gasteiger partial charge in [0, 0.05) is 0 Å². The number of rotatable bonds is 8. The molecule has 0 unspecified atom stereocenters. The Morgan fingerprint density at radius 3 is 2.63 bits per heavy atom. The van der Waals surface area contributed by atoms with E-state index in [1.54, 1.807) is 43.0 Å². The van der Waals surface area contributed by atoms with Gasteiger partial charge < -0.3 is 15.4 Å². The van der Waals surface area contributed by atoms with Crippen LogP contribution >= 0.6 is 11.8 Å². The van der Waals surface area contributed by atoms with E-state index in [1.807, 2.05) is 6.26 Å². The SMILES string of the molecule is COc1ccccc1C(=O)N[C@@H](CCSC)C(=O)N[C@]1(C)CCS(=O)(=O)C1. The molecule has 0 saturated carbocycles. The first-order valence-corrected chi connectivity index (χ1v) is 11.9. The molecule has 1 aromatic carbocycles. The molecule has 0 aromatic heterocycles. The van der Waals surface area contributed by atoms with Gasteiger partial charge in [0.2, 0.25) is 5.91 Å². The Morgan fingerprint density at radius 2 is 2.04 bits per heavy atom. The molecule has 9 heteroatoms. The summed E-state index contributed by atoms with van der Waals surface area (Å²) in [6.45, 7) is 1.73. The number of carbonyl (C=O) groups is 2. The van der Waals surface area contributed by atoms with Crippen molar-refractivity contribution in [2.75, 3.05) is 30.6 Å². The predicted octanol–water partition coefficient (Wildman–Crippen LogP) is 1.24. The third-order valence-electron chi connectivity index (χ3n) is 4.51. The van der Waals surface area contributed by atoms with E-state index in [4.69, 9.17) is 4.74 Å². The molecule has 2 N–H and O–H groups in total. The van der Waals surface area contributed by atoms with Gasteiger partial charge in [-0.1, -0.05) is 12.1 Å². The summed E-state index contributed by atoms with van der Waals surface area (Å²) >= 11 is 1.57. The number of nitrogens with one attached hydrogen (secondary N) is 2. The molecule has 7 nitrogen and oxygen atoms in total. The van der Waals surface area contributed by atoms with Gasteiger partial charge in [0.15, 0.2) is 9.84 Å². The van der Waals surface area contributed by atoms with Crippen LogP contribution in [0.5, 0.6) is 5.75 Å². The smallest absolute Gasteiger partial charge is 0.255 e. The summed E-state index contributed by atoms with van der Waals surface area (Å²) in [5.41, 5.74) is -0.459. The first-order chi connectivity index (χ1) is 12.7. The number of sulfone groups is 1. The van der Waals surface area contributed by atoms with Gasteiger partial charge in [-0.2, -0.15) is 11.8 Å². The number of hydrogen-bond acceptors (Lipinski definition) is 6. The van der Waals surface area contributed by atoms with Crippen LogP contribution in [0.2, 0.25) is 0 Å². The minimum Gasteiger partial charge on any atom is -0.496 e. The van der Waals surface area contributed by atoms with Crippen molar-refractivity contribution in [3.8, 4) is 5.75 Å². The molecule has 0 radical (unpaired) electrons. The molecule has 1 saturated heterocycles. The lowest BCUT2D eigenvalue weighted by molar-refractivity contribution is -0.124. The summed E-state index contributed by atoms with van der Waals surface area (Å²) in [4.78, 5) is 25.4. The van der Waals surface area contributed by atoms with Crippen LogP contribution in [0.15, 0.2) is 24.3 Å². The van der Waals surface area contributed by atoms with Crippen molar-refractivity contribution >= 4 is 33.4 Å². The van der Waals surface area contributed by atoms with E-state index in [0.29, 0.717) is 29.9 Å². The number of ether oxygens (including phenoxy) is 1. The van der Waals surface area contributed by atoms with Crippen molar-refractivity contribution in [3.63, 3.8) is 0 Å². The number of methoxy groups -OCH3 is 1. The highest BCUT2D eigenvalue weighted by Gasteiger charge is 2.40. The second-order valence-electron chi connectivity index (χ2n) is 6.90. The zero-order valence-corrected chi connectivity index (χ0v) is 17.4. The van der Waals surface area contributed by atoms with Crippen LogP contribution in [0.3, 0.4) is 0 Å². The van der Waals surface area contributed by atoms with Crippen LogP contribution in [-0.4, -0.2) is 62.4 Å². The Kier molecular flexibility index (Phi) is 7.16. The first kappa shape index (κ1) is 21.6. The maximum Gasteiger partial charge on any atom is 0.255 e. The first-order valence-electron chi connectivity index (χ1n) is 8.65. The fourth-order valence-electron chi connectivity index (χ4n) is 3.07. The molecule has 1 aliphatic heterocycles. The lowest BCUT2D eigenvalue weighted by atomic mass is 10.0. The minimum atomic E-state index is -3.14. The second-order valence-corrected chi connectivity index (χ2v) is 10.1. The van der Waals surface area contributed by atoms with Crippen molar-refractivity contribution in [3.05, 3.63) is 29.8 Å². The van der Waals surface area contributed by atoms with E-state index in [1.165, 1.54) is 7.11 Å². The molecule has 2 atom stereocenters. The average molecular weight is 415 g/mol. The Bertz CT molecular complexity index is 797. The number of para-hydroxylation sites is 1. The second kappa shape index (κ2) is 8.97. The molecule has 1 aromatic rings. The maximum absolute atomic E-state index is 12.8. The highest BCUT2D eigenvalue weighted by Crippen LogP contribution is 2.23. The molecule has 0 aliphatic carbocycles. The van der Waals surface area contributed by atoms with Crippen molar-refractivity contribution < 1.29 is 22.7 Å². The highest BCUT2D eigenvalue weighted by atomic mass is 32.2. The molecule has 2 amide bonds. The third kappa shape index (κ3) is 5.87. The molecule has 1 aliphatic rings. The Labute approximate surface area is 164 Å². The number of hydrogen-bond donors (Lipinski definition) is 2. The number of benzene rings is 1. The molecule has 1 fully saturated rings. The summed E-state index contributed by atoms with van der Waals surface area (Å²) in [6.07, 6.45) is 2.73. The number of carbonyl (C=O) groups excluding carboxylic acids is 2. The van der Waals surface area contributed by atoms with E-state index < -0.39 is 27.3 Å². The quantitative estimate of drug-likeness (QED) is 0.664. The fraction of sp³-hybridized carbons (Fsp3) is 0.556. The topological polar surface area (TPSA) is 102 Å². The zero-order chi connectivity index (χ0) is 20.1. The van der Waals surface area contributed by atoms with Gasteiger partial charge in [-0.25, -0.2) is 8.42 Å². The van der Waals surface area contributed by atoms with E-state index in [0.717, 1.165) is 0 Å². The van der Waals surface area contributed by atoms with Gasteiger partial charge in [-0.3, -0.25) is 9.59 Å². The fourth-order valence-corrected chi connectivity index (χ4v) is 5.63. The number of thioether (sulfide) groups is 1. The van der Waals surface area contributed by atoms with Gasteiger partial charge in [0.05, 0.1) is 29.7 Å². The van der Waals surface area contributed by atoms with E-state index in [9.17, 15) is 18.0 Å². The molecular formula is C18H26N2O5S2. The van der Waals surface area contributed by atoms with Gasteiger partial charge >= 0.3 is 0 Å². The Morgan fingerprint density at radius 1 is 1.33 bits per heavy atom. The third-order valence-corrected chi connectivity index (χ3v) is 7.06. The molecule has 2 rings (SSSR count). The zero-order valence-electron chi connectivity index (χ0n) is 15.8. The van der Waals surface area contributed by atoms with Gasteiger partial charge in [-0.05, 0) is 43.9 Å². The number of amides is 2. The Balaban J connectivity index is 2.12. The van der Waals surface area contributed by atoms with Crippen LogP contribution in [0.4, 0.5) is 0 Å². The van der Waals surface area contributed by atoms with Gasteiger partial charge in [0.25, 0.3) is 5.91 Å². The van der Waals surface area contributed by atoms with Crippen molar-refractivity contribution in [2.45, 2.75) is 31.3 Å². The van der Waals surface area contributed by atoms with Crippen LogP contribution in [0.1, 0.15) is 30.1 Å². The predicted molar refractivity (Wildman–Crippen MR) is 107 cm³/mol. The summed E-state index contributed by atoms with van der Waals surface area (Å²) < 4.78 is 28.7. The Hall–Kier alpha value is -1.74. The minimum absolute atomic E-state index is 0.0623. The maximum atomic E-state index is 12.8. The molecular weight excluding hydrogens is 388 g/mol. The summed E-state index contributed by atoms with van der Waals surface area (Å²) in [7, 11) is -1.66. The van der Waals surface area contributed by atoms with E-state index in [-0.39, 0.29) is 17.4 Å². The van der Waals surface area contributed by atoms with Crippen molar-refractivity contribution in [1.82, 2.24) is 10.6 Å².